The molecule has 0 spiro atoms. The van der Waals surface area contributed by atoms with Crippen LogP contribution in [0.15, 0.2) is 42.5 Å². The predicted molar refractivity (Wildman–Crippen MR) is 69.0 cm³/mol. The van der Waals surface area contributed by atoms with Crippen LogP contribution in [0.2, 0.25) is 0 Å². The van der Waals surface area contributed by atoms with Crippen LogP contribution in [0.1, 0.15) is 11.1 Å². The number of aryl methyl sites for hydroxylation is 2. The zero-order valence-electron chi connectivity index (χ0n) is 10.4. The molecule has 2 heteroatoms. The van der Waals surface area contributed by atoms with E-state index >= 15 is 0 Å². The van der Waals surface area contributed by atoms with Crippen molar-refractivity contribution in [3.05, 3.63) is 53.6 Å². The maximum absolute atomic E-state index is 5.83. The first kappa shape index (κ1) is 11.5. The summed E-state index contributed by atoms with van der Waals surface area (Å²) in [6, 6.07) is 13.8. The molecule has 0 radical (unpaired) electrons. The number of ether oxygens (including phenoxy) is 2. The van der Waals surface area contributed by atoms with Crippen LogP contribution in [-0.2, 0) is 0 Å². The second-order valence-electron chi connectivity index (χ2n) is 4.05. The third-order valence-electron chi connectivity index (χ3n) is 2.63. The van der Waals surface area contributed by atoms with Crippen LogP contribution in [0.25, 0.3) is 0 Å². The van der Waals surface area contributed by atoms with Gasteiger partial charge in [-0.15, -0.1) is 0 Å². The molecular weight excluding hydrogens is 212 g/mol. The molecule has 2 rings (SSSR count). The normalized spacial score (nSPS) is 10.1. The molecule has 0 amide bonds. The van der Waals surface area contributed by atoms with Gasteiger partial charge in [-0.1, -0.05) is 12.1 Å². The summed E-state index contributed by atoms with van der Waals surface area (Å²) in [5, 5.41) is 0. The van der Waals surface area contributed by atoms with Crippen LogP contribution in [0.5, 0.6) is 17.2 Å². The van der Waals surface area contributed by atoms with E-state index in [1.54, 1.807) is 7.11 Å². The highest BCUT2D eigenvalue weighted by Crippen LogP contribution is 2.27. The smallest absolute Gasteiger partial charge is 0.130 e. The lowest BCUT2D eigenvalue weighted by Crippen LogP contribution is -1.89. The summed E-state index contributed by atoms with van der Waals surface area (Å²) >= 11 is 0. The SMILES string of the molecule is COc1ccc(Oc2cc(C)ccc2C)cc1. The minimum absolute atomic E-state index is 0.819. The standard InChI is InChI=1S/C15H16O2/c1-11-4-5-12(2)15(10-11)17-14-8-6-13(16-3)7-9-14/h4-10H,1-3H3. The van der Waals surface area contributed by atoms with Gasteiger partial charge in [-0.3, -0.25) is 0 Å². The molecule has 2 nitrogen and oxygen atoms in total. The Morgan fingerprint density at radius 2 is 1.47 bits per heavy atom. The Morgan fingerprint density at radius 3 is 2.12 bits per heavy atom. The van der Waals surface area contributed by atoms with Gasteiger partial charge in [-0.05, 0) is 55.3 Å². The molecule has 0 saturated carbocycles. The highest BCUT2D eigenvalue weighted by atomic mass is 16.5. The quantitative estimate of drug-likeness (QED) is 0.787. The van der Waals surface area contributed by atoms with Crippen molar-refractivity contribution in [2.75, 3.05) is 7.11 Å². The Morgan fingerprint density at radius 1 is 0.824 bits per heavy atom. The maximum Gasteiger partial charge on any atom is 0.130 e. The Labute approximate surface area is 102 Å². The van der Waals surface area contributed by atoms with Crippen molar-refractivity contribution >= 4 is 0 Å². The Kier molecular flexibility index (Phi) is 3.33. The molecule has 0 N–H and O–H groups in total. The van der Waals surface area contributed by atoms with Crippen LogP contribution < -0.4 is 9.47 Å². The van der Waals surface area contributed by atoms with Crippen molar-refractivity contribution in [1.29, 1.82) is 0 Å². The summed E-state index contributed by atoms with van der Waals surface area (Å²) in [5.74, 6) is 2.55. The van der Waals surface area contributed by atoms with Crippen LogP contribution in [0, 0.1) is 13.8 Å². The zero-order chi connectivity index (χ0) is 12.3. The molecule has 0 atom stereocenters. The first-order valence-corrected chi connectivity index (χ1v) is 5.58. The number of hydrogen-bond acceptors (Lipinski definition) is 2. The highest BCUT2D eigenvalue weighted by Gasteiger charge is 2.02. The van der Waals surface area contributed by atoms with Crippen LogP contribution in [-0.4, -0.2) is 7.11 Å². The van der Waals surface area contributed by atoms with Crippen LogP contribution in [0.3, 0.4) is 0 Å². The van der Waals surface area contributed by atoms with Gasteiger partial charge in [-0.25, -0.2) is 0 Å². The van der Waals surface area contributed by atoms with E-state index in [0.717, 1.165) is 22.8 Å². The molecule has 0 aliphatic rings. The number of methoxy groups -OCH3 is 1. The lowest BCUT2D eigenvalue weighted by molar-refractivity contribution is 0.412. The predicted octanol–water partition coefficient (Wildman–Crippen LogP) is 4.10. The fraction of sp³-hybridized carbons (Fsp3) is 0.200. The Hall–Kier alpha value is -1.96. The first-order valence-electron chi connectivity index (χ1n) is 5.58. The fourth-order valence-corrected chi connectivity index (χ4v) is 1.59. The van der Waals surface area contributed by atoms with Crippen molar-refractivity contribution in [3.63, 3.8) is 0 Å². The van der Waals surface area contributed by atoms with Gasteiger partial charge in [0.2, 0.25) is 0 Å². The number of hydrogen-bond donors (Lipinski definition) is 0. The van der Waals surface area contributed by atoms with Gasteiger partial charge in [0.25, 0.3) is 0 Å². The molecule has 0 unspecified atom stereocenters. The molecule has 0 aromatic heterocycles. The largest absolute Gasteiger partial charge is 0.497 e. The van der Waals surface area contributed by atoms with E-state index in [2.05, 4.69) is 19.1 Å². The van der Waals surface area contributed by atoms with Gasteiger partial charge in [0.15, 0.2) is 0 Å². The molecular formula is C15H16O2. The van der Waals surface area contributed by atoms with E-state index in [0.29, 0.717) is 0 Å². The van der Waals surface area contributed by atoms with Crippen LogP contribution in [0.4, 0.5) is 0 Å². The average molecular weight is 228 g/mol. The van der Waals surface area contributed by atoms with Crippen molar-refractivity contribution in [3.8, 4) is 17.2 Å². The summed E-state index contributed by atoms with van der Waals surface area (Å²) in [4.78, 5) is 0. The first-order chi connectivity index (χ1) is 8.19. The Bertz CT molecular complexity index is 501. The second kappa shape index (κ2) is 4.91. The van der Waals surface area contributed by atoms with Crippen LogP contribution >= 0.6 is 0 Å². The van der Waals surface area contributed by atoms with Gasteiger partial charge >= 0.3 is 0 Å². The number of rotatable bonds is 3. The van der Waals surface area contributed by atoms with Gasteiger partial charge in [0, 0.05) is 0 Å². The number of benzene rings is 2. The third kappa shape index (κ3) is 2.78. The fourth-order valence-electron chi connectivity index (χ4n) is 1.59. The van der Waals surface area contributed by atoms with E-state index in [1.165, 1.54) is 5.56 Å². The van der Waals surface area contributed by atoms with Crippen molar-refractivity contribution in [2.45, 2.75) is 13.8 Å². The Balaban J connectivity index is 2.22. The van der Waals surface area contributed by atoms with Crippen molar-refractivity contribution in [2.24, 2.45) is 0 Å². The molecule has 0 fully saturated rings. The average Bonchev–Trinajstić information content (AvgIpc) is 2.35. The summed E-state index contributed by atoms with van der Waals surface area (Å²) < 4.78 is 10.9. The summed E-state index contributed by atoms with van der Waals surface area (Å²) in [7, 11) is 1.65. The zero-order valence-corrected chi connectivity index (χ0v) is 10.4. The molecule has 2 aromatic carbocycles. The van der Waals surface area contributed by atoms with E-state index in [4.69, 9.17) is 9.47 Å². The highest BCUT2D eigenvalue weighted by molar-refractivity contribution is 5.40. The molecule has 88 valence electrons. The minimum Gasteiger partial charge on any atom is -0.497 e. The third-order valence-corrected chi connectivity index (χ3v) is 2.63. The second-order valence-corrected chi connectivity index (χ2v) is 4.05. The molecule has 0 aliphatic heterocycles. The van der Waals surface area contributed by atoms with Gasteiger partial charge < -0.3 is 9.47 Å². The van der Waals surface area contributed by atoms with E-state index < -0.39 is 0 Å². The molecule has 2 aromatic rings. The molecule has 17 heavy (non-hydrogen) atoms. The molecule has 0 bridgehead atoms. The topological polar surface area (TPSA) is 18.5 Å². The van der Waals surface area contributed by atoms with E-state index in [9.17, 15) is 0 Å². The van der Waals surface area contributed by atoms with Gasteiger partial charge in [0.05, 0.1) is 7.11 Å². The minimum atomic E-state index is 0.819. The molecule has 0 aliphatic carbocycles. The lowest BCUT2D eigenvalue weighted by atomic mass is 10.1. The maximum atomic E-state index is 5.83. The van der Waals surface area contributed by atoms with Crippen molar-refractivity contribution < 1.29 is 9.47 Å². The summed E-state index contributed by atoms with van der Waals surface area (Å²) in [6.45, 7) is 4.10. The summed E-state index contributed by atoms with van der Waals surface area (Å²) in [6.07, 6.45) is 0. The molecule has 0 heterocycles. The monoisotopic (exact) mass is 228 g/mol. The van der Waals surface area contributed by atoms with Gasteiger partial charge in [0.1, 0.15) is 17.2 Å². The van der Waals surface area contributed by atoms with E-state index in [1.807, 2.05) is 37.3 Å². The molecule has 0 saturated heterocycles. The summed E-state index contributed by atoms with van der Waals surface area (Å²) in [5.41, 5.74) is 2.32. The lowest BCUT2D eigenvalue weighted by Gasteiger charge is -2.10. The van der Waals surface area contributed by atoms with Crippen molar-refractivity contribution in [1.82, 2.24) is 0 Å². The van der Waals surface area contributed by atoms with Gasteiger partial charge in [-0.2, -0.15) is 0 Å². The van der Waals surface area contributed by atoms with E-state index in [-0.39, 0.29) is 0 Å².